The Labute approximate surface area is 111 Å². The third-order valence-electron chi connectivity index (χ3n) is 4.87. The number of hydrogen-bond donors (Lipinski definition) is 0. The fourth-order valence-corrected chi connectivity index (χ4v) is 3.60. The van der Waals surface area contributed by atoms with Gasteiger partial charge in [-0.25, -0.2) is 5.06 Å². The van der Waals surface area contributed by atoms with Crippen LogP contribution in [-0.4, -0.2) is 23.1 Å². The summed E-state index contributed by atoms with van der Waals surface area (Å²) in [6.07, 6.45) is 10.2. The number of hydroxylamine groups is 2. The van der Waals surface area contributed by atoms with Gasteiger partial charge in [0.05, 0.1) is 5.60 Å². The Kier molecular flexibility index (Phi) is 4.66. The molecule has 0 unspecified atom stereocenters. The molecular formula is C15H27NO2. The summed E-state index contributed by atoms with van der Waals surface area (Å²) in [6, 6.07) is 0. The number of rotatable bonds is 5. The highest BCUT2D eigenvalue weighted by atomic mass is 16.7. The second-order valence-corrected chi connectivity index (χ2v) is 5.80. The largest absolute Gasteiger partial charge is 0.273 e. The predicted molar refractivity (Wildman–Crippen MR) is 71.9 cm³/mol. The van der Waals surface area contributed by atoms with Crippen LogP contribution in [0.4, 0.5) is 0 Å². The van der Waals surface area contributed by atoms with Crippen LogP contribution >= 0.6 is 0 Å². The molecule has 0 bridgehead atoms. The Morgan fingerprint density at radius 1 is 1.17 bits per heavy atom. The molecule has 104 valence electrons. The zero-order chi connectivity index (χ0) is 13.0. The summed E-state index contributed by atoms with van der Waals surface area (Å²) in [5, 5.41) is 1.65. The maximum absolute atomic E-state index is 11.8. The molecule has 0 radical (unpaired) electrons. The molecule has 2 fully saturated rings. The van der Waals surface area contributed by atoms with E-state index in [2.05, 4.69) is 13.8 Å². The van der Waals surface area contributed by atoms with Crippen molar-refractivity contribution in [2.45, 2.75) is 77.2 Å². The first-order chi connectivity index (χ1) is 8.72. The Morgan fingerprint density at radius 3 is 2.33 bits per heavy atom. The van der Waals surface area contributed by atoms with Crippen molar-refractivity contribution >= 4 is 5.91 Å². The fraction of sp³-hybridized carbons (Fsp3) is 0.933. The molecule has 1 heterocycles. The number of carbonyl (C=O) groups is 1. The van der Waals surface area contributed by atoms with E-state index < -0.39 is 0 Å². The number of amides is 1. The Morgan fingerprint density at radius 2 is 1.83 bits per heavy atom. The lowest BCUT2D eigenvalue weighted by molar-refractivity contribution is -0.254. The minimum atomic E-state index is -0.0968. The normalized spacial score (nSPS) is 22.8. The van der Waals surface area contributed by atoms with Crippen molar-refractivity contribution in [2.24, 2.45) is 5.92 Å². The van der Waals surface area contributed by atoms with Crippen LogP contribution in [0.25, 0.3) is 0 Å². The van der Waals surface area contributed by atoms with E-state index in [9.17, 15) is 4.79 Å². The van der Waals surface area contributed by atoms with Gasteiger partial charge in [-0.15, -0.1) is 0 Å². The molecule has 0 N–H and O–H groups in total. The molecule has 0 spiro atoms. The lowest BCUT2D eigenvalue weighted by atomic mass is 9.74. The van der Waals surface area contributed by atoms with E-state index in [0.717, 1.165) is 25.8 Å². The van der Waals surface area contributed by atoms with Gasteiger partial charge < -0.3 is 0 Å². The van der Waals surface area contributed by atoms with Crippen LogP contribution in [0, 0.1) is 5.92 Å². The fourth-order valence-electron chi connectivity index (χ4n) is 3.60. The van der Waals surface area contributed by atoms with E-state index in [1.54, 1.807) is 5.06 Å². The molecule has 0 aromatic rings. The van der Waals surface area contributed by atoms with E-state index in [1.165, 1.54) is 32.1 Å². The first-order valence-electron chi connectivity index (χ1n) is 7.71. The van der Waals surface area contributed by atoms with Gasteiger partial charge in [-0.05, 0) is 38.0 Å². The summed E-state index contributed by atoms with van der Waals surface area (Å²) in [6.45, 7) is 5.20. The molecule has 1 aliphatic heterocycles. The number of nitrogens with zero attached hydrogens (tertiary/aromatic N) is 1. The van der Waals surface area contributed by atoms with E-state index >= 15 is 0 Å². The molecule has 1 saturated heterocycles. The minimum absolute atomic E-state index is 0.0968. The average molecular weight is 253 g/mol. The van der Waals surface area contributed by atoms with Crippen molar-refractivity contribution in [1.29, 1.82) is 0 Å². The van der Waals surface area contributed by atoms with Crippen LogP contribution in [0.3, 0.4) is 0 Å². The van der Waals surface area contributed by atoms with Gasteiger partial charge in [0.15, 0.2) is 0 Å². The SMILES string of the molecule is CCC(CC)(ON1CCCC1=O)C1CCCCC1. The van der Waals surface area contributed by atoms with Crippen molar-refractivity contribution in [1.82, 2.24) is 5.06 Å². The summed E-state index contributed by atoms with van der Waals surface area (Å²) in [5.74, 6) is 0.812. The lowest BCUT2D eigenvalue weighted by Crippen LogP contribution is -2.46. The molecule has 2 rings (SSSR count). The second-order valence-electron chi connectivity index (χ2n) is 5.80. The highest BCUT2D eigenvalue weighted by Gasteiger charge is 2.41. The molecule has 1 saturated carbocycles. The molecule has 0 aromatic heterocycles. The Balaban J connectivity index is 2.06. The van der Waals surface area contributed by atoms with Crippen molar-refractivity contribution in [3.05, 3.63) is 0 Å². The van der Waals surface area contributed by atoms with Crippen LogP contribution in [0.2, 0.25) is 0 Å². The molecule has 2 aliphatic rings. The maximum Gasteiger partial charge on any atom is 0.246 e. The molecule has 3 heteroatoms. The number of hydrogen-bond acceptors (Lipinski definition) is 2. The zero-order valence-corrected chi connectivity index (χ0v) is 11.9. The second kappa shape index (κ2) is 6.05. The van der Waals surface area contributed by atoms with E-state index in [0.29, 0.717) is 12.3 Å². The quantitative estimate of drug-likeness (QED) is 0.748. The Bertz CT molecular complexity index is 280. The molecule has 3 nitrogen and oxygen atoms in total. The predicted octanol–water partition coefficient (Wildman–Crippen LogP) is 3.68. The van der Waals surface area contributed by atoms with Crippen molar-refractivity contribution in [2.75, 3.05) is 6.54 Å². The third kappa shape index (κ3) is 2.71. The van der Waals surface area contributed by atoms with E-state index in [4.69, 9.17) is 4.84 Å². The van der Waals surface area contributed by atoms with Crippen molar-refractivity contribution in [3.8, 4) is 0 Å². The standard InChI is InChI=1S/C15H27NO2/c1-3-15(4-2,13-9-6-5-7-10-13)18-16-12-8-11-14(16)17/h13H,3-12H2,1-2H3. The molecule has 18 heavy (non-hydrogen) atoms. The van der Waals surface area contributed by atoms with Crippen LogP contribution in [0.1, 0.15) is 71.6 Å². The van der Waals surface area contributed by atoms with Gasteiger partial charge in [0.2, 0.25) is 5.91 Å². The first-order valence-corrected chi connectivity index (χ1v) is 7.71. The summed E-state index contributed by atoms with van der Waals surface area (Å²) in [4.78, 5) is 18.0. The van der Waals surface area contributed by atoms with Crippen LogP contribution < -0.4 is 0 Å². The first kappa shape index (κ1) is 13.9. The van der Waals surface area contributed by atoms with Crippen LogP contribution in [0.5, 0.6) is 0 Å². The average Bonchev–Trinajstić information content (AvgIpc) is 2.82. The van der Waals surface area contributed by atoms with Gasteiger partial charge in [-0.1, -0.05) is 33.1 Å². The highest BCUT2D eigenvalue weighted by molar-refractivity contribution is 5.76. The minimum Gasteiger partial charge on any atom is -0.273 e. The zero-order valence-electron chi connectivity index (χ0n) is 11.9. The van der Waals surface area contributed by atoms with Gasteiger partial charge in [0.1, 0.15) is 0 Å². The van der Waals surface area contributed by atoms with Gasteiger partial charge in [-0.3, -0.25) is 9.63 Å². The monoisotopic (exact) mass is 253 g/mol. The molecule has 0 aromatic carbocycles. The lowest BCUT2D eigenvalue weighted by Gasteiger charge is -2.43. The van der Waals surface area contributed by atoms with Gasteiger partial charge in [0, 0.05) is 13.0 Å². The molecule has 1 aliphatic carbocycles. The van der Waals surface area contributed by atoms with Crippen LogP contribution in [0.15, 0.2) is 0 Å². The molecule has 1 amide bonds. The van der Waals surface area contributed by atoms with Crippen LogP contribution in [-0.2, 0) is 9.63 Å². The van der Waals surface area contributed by atoms with Gasteiger partial charge >= 0.3 is 0 Å². The van der Waals surface area contributed by atoms with Crippen molar-refractivity contribution < 1.29 is 9.63 Å². The Hall–Kier alpha value is -0.570. The summed E-state index contributed by atoms with van der Waals surface area (Å²) in [5.41, 5.74) is -0.0968. The number of carbonyl (C=O) groups excluding carboxylic acids is 1. The highest BCUT2D eigenvalue weighted by Crippen LogP contribution is 2.40. The summed E-state index contributed by atoms with van der Waals surface area (Å²) < 4.78 is 0. The summed E-state index contributed by atoms with van der Waals surface area (Å²) in [7, 11) is 0. The topological polar surface area (TPSA) is 29.5 Å². The molecule has 0 atom stereocenters. The summed E-state index contributed by atoms with van der Waals surface area (Å²) >= 11 is 0. The van der Waals surface area contributed by atoms with E-state index in [-0.39, 0.29) is 11.5 Å². The third-order valence-corrected chi connectivity index (χ3v) is 4.87. The van der Waals surface area contributed by atoms with E-state index in [1.807, 2.05) is 0 Å². The maximum atomic E-state index is 11.8. The smallest absolute Gasteiger partial charge is 0.246 e. The van der Waals surface area contributed by atoms with Crippen molar-refractivity contribution in [3.63, 3.8) is 0 Å². The molecular weight excluding hydrogens is 226 g/mol. The van der Waals surface area contributed by atoms with Gasteiger partial charge in [0.25, 0.3) is 0 Å². The van der Waals surface area contributed by atoms with Gasteiger partial charge in [-0.2, -0.15) is 0 Å².